The molecule has 0 atom stereocenters. The minimum atomic E-state index is -0.940. The van der Waals surface area contributed by atoms with Crippen LogP contribution in [0.25, 0.3) is 0 Å². The van der Waals surface area contributed by atoms with Gasteiger partial charge in [0.05, 0.1) is 13.0 Å². The highest BCUT2D eigenvalue weighted by atomic mass is 33.1. The van der Waals surface area contributed by atoms with Gasteiger partial charge in [0.25, 0.3) is 0 Å². The first-order valence-corrected chi connectivity index (χ1v) is 7.62. The molecule has 5 nitrogen and oxygen atoms in total. The van der Waals surface area contributed by atoms with E-state index in [2.05, 4.69) is 14.5 Å². The summed E-state index contributed by atoms with van der Waals surface area (Å²) in [5, 5.41) is 0.876. The Balaban J connectivity index is 2.11. The SMILES string of the molecule is CCOC(=O)OC(=O)CCSSc1ccccn1. The van der Waals surface area contributed by atoms with Crippen molar-refractivity contribution in [2.24, 2.45) is 0 Å². The van der Waals surface area contributed by atoms with Crippen LogP contribution in [0.5, 0.6) is 0 Å². The third-order valence-corrected chi connectivity index (χ3v) is 3.90. The Bertz CT molecular complexity index is 386. The Labute approximate surface area is 113 Å². The number of aromatic nitrogens is 1. The maximum atomic E-state index is 11.2. The molecule has 0 unspecified atom stereocenters. The van der Waals surface area contributed by atoms with Crippen molar-refractivity contribution >= 4 is 33.7 Å². The van der Waals surface area contributed by atoms with Crippen molar-refractivity contribution in [3.8, 4) is 0 Å². The van der Waals surface area contributed by atoms with Gasteiger partial charge in [-0.05, 0) is 29.9 Å². The Morgan fingerprint density at radius 2 is 2.22 bits per heavy atom. The van der Waals surface area contributed by atoms with E-state index in [1.165, 1.54) is 21.6 Å². The van der Waals surface area contributed by atoms with Crippen molar-refractivity contribution in [1.82, 2.24) is 4.98 Å². The smallest absolute Gasteiger partial charge is 0.434 e. The normalized spacial score (nSPS) is 9.83. The topological polar surface area (TPSA) is 65.5 Å². The van der Waals surface area contributed by atoms with Gasteiger partial charge >= 0.3 is 12.1 Å². The average Bonchev–Trinajstić information content (AvgIpc) is 2.36. The van der Waals surface area contributed by atoms with E-state index in [1.54, 1.807) is 13.1 Å². The molecular weight excluding hydrogens is 274 g/mol. The van der Waals surface area contributed by atoms with E-state index in [-0.39, 0.29) is 13.0 Å². The van der Waals surface area contributed by atoms with E-state index in [1.807, 2.05) is 18.2 Å². The zero-order valence-corrected chi connectivity index (χ0v) is 11.5. The molecule has 0 amide bonds. The van der Waals surface area contributed by atoms with Crippen molar-refractivity contribution in [1.29, 1.82) is 0 Å². The van der Waals surface area contributed by atoms with Crippen molar-refractivity contribution in [2.45, 2.75) is 18.4 Å². The fourth-order valence-electron chi connectivity index (χ4n) is 0.915. The molecule has 0 bridgehead atoms. The molecule has 1 aromatic heterocycles. The number of esters is 1. The second kappa shape index (κ2) is 8.82. The fraction of sp³-hybridized carbons (Fsp3) is 0.364. The molecule has 0 radical (unpaired) electrons. The summed E-state index contributed by atoms with van der Waals surface area (Å²) in [4.78, 5) is 26.1. The van der Waals surface area contributed by atoms with Crippen LogP contribution in [-0.4, -0.2) is 29.5 Å². The zero-order chi connectivity index (χ0) is 13.2. The van der Waals surface area contributed by atoms with E-state index < -0.39 is 12.1 Å². The predicted octanol–water partition coefficient (Wildman–Crippen LogP) is 2.91. The molecule has 1 aromatic rings. The van der Waals surface area contributed by atoms with Crippen LogP contribution in [-0.2, 0) is 14.3 Å². The summed E-state index contributed by atoms with van der Waals surface area (Å²) in [6.45, 7) is 1.83. The van der Waals surface area contributed by atoms with E-state index >= 15 is 0 Å². The summed E-state index contributed by atoms with van der Waals surface area (Å²) in [6, 6.07) is 5.62. The molecule has 0 N–H and O–H groups in total. The monoisotopic (exact) mass is 287 g/mol. The van der Waals surface area contributed by atoms with Crippen molar-refractivity contribution in [2.75, 3.05) is 12.4 Å². The highest BCUT2D eigenvalue weighted by Gasteiger charge is 2.10. The highest BCUT2D eigenvalue weighted by molar-refractivity contribution is 8.76. The first-order valence-electron chi connectivity index (χ1n) is 5.30. The summed E-state index contributed by atoms with van der Waals surface area (Å²) in [5.74, 6) is -0.0398. The van der Waals surface area contributed by atoms with Crippen molar-refractivity contribution < 1.29 is 19.1 Å². The summed E-state index contributed by atoms with van der Waals surface area (Å²) in [6.07, 6.45) is 0.922. The number of hydrogen-bond acceptors (Lipinski definition) is 7. The number of pyridine rings is 1. The van der Waals surface area contributed by atoms with Gasteiger partial charge in [0.2, 0.25) is 0 Å². The number of nitrogens with zero attached hydrogens (tertiary/aromatic N) is 1. The maximum absolute atomic E-state index is 11.2. The third-order valence-electron chi connectivity index (χ3n) is 1.63. The largest absolute Gasteiger partial charge is 0.516 e. The van der Waals surface area contributed by atoms with Gasteiger partial charge < -0.3 is 9.47 Å². The minimum Gasteiger partial charge on any atom is -0.434 e. The van der Waals surface area contributed by atoms with Crippen LogP contribution in [0.1, 0.15) is 13.3 Å². The van der Waals surface area contributed by atoms with Crippen LogP contribution < -0.4 is 0 Å². The predicted molar refractivity (Wildman–Crippen MR) is 70.3 cm³/mol. The molecule has 98 valence electrons. The summed E-state index contributed by atoms with van der Waals surface area (Å²) in [5.41, 5.74) is 0. The second-order valence-electron chi connectivity index (χ2n) is 2.98. The molecule has 7 heteroatoms. The van der Waals surface area contributed by atoms with E-state index in [9.17, 15) is 9.59 Å². The molecular formula is C11H13NO4S2. The van der Waals surface area contributed by atoms with Gasteiger partial charge in [0.15, 0.2) is 0 Å². The second-order valence-corrected chi connectivity index (χ2v) is 5.42. The molecule has 0 aliphatic rings. The Kier molecular flexibility index (Phi) is 7.28. The highest BCUT2D eigenvalue weighted by Crippen LogP contribution is 2.29. The quantitative estimate of drug-likeness (QED) is 0.345. The number of carbonyl (C=O) groups is 2. The van der Waals surface area contributed by atoms with E-state index in [4.69, 9.17) is 0 Å². The summed E-state index contributed by atoms with van der Waals surface area (Å²) in [7, 11) is 2.95. The lowest BCUT2D eigenvalue weighted by Gasteiger charge is -2.02. The average molecular weight is 287 g/mol. The summed E-state index contributed by atoms with van der Waals surface area (Å²) < 4.78 is 8.89. The van der Waals surface area contributed by atoms with Crippen LogP contribution in [0.2, 0.25) is 0 Å². The molecule has 0 aliphatic heterocycles. The minimum absolute atomic E-state index is 0.156. The van der Waals surface area contributed by atoms with Crippen molar-refractivity contribution in [3.05, 3.63) is 24.4 Å². The molecule has 0 saturated heterocycles. The van der Waals surface area contributed by atoms with E-state index in [0.717, 1.165) is 5.03 Å². The maximum Gasteiger partial charge on any atom is 0.516 e. The molecule has 0 fully saturated rings. The third kappa shape index (κ3) is 6.51. The molecule has 0 aliphatic carbocycles. The molecule has 18 heavy (non-hydrogen) atoms. The lowest BCUT2D eigenvalue weighted by atomic mass is 10.5. The van der Waals surface area contributed by atoms with Gasteiger partial charge in [-0.15, -0.1) is 0 Å². The Morgan fingerprint density at radius 1 is 1.39 bits per heavy atom. The van der Waals surface area contributed by atoms with Crippen LogP contribution >= 0.6 is 21.6 Å². The Morgan fingerprint density at radius 3 is 2.89 bits per heavy atom. The summed E-state index contributed by atoms with van der Waals surface area (Å²) >= 11 is 0. The first kappa shape index (κ1) is 14.8. The van der Waals surface area contributed by atoms with Crippen molar-refractivity contribution in [3.63, 3.8) is 0 Å². The van der Waals surface area contributed by atoms with Gasteiger partial charge in [-0.3, -0.25) is 4.79 Å². The Hall–Kier alpha value is -1.21. The number of hydrogen-bond donors (Lipinski definition) is 0. The van der Waals surface area contributed by atoms with Crippen LogP contribution in [0, 0.1) is 0 Å². The lowest BCUT2D eigenvalue weighted by Crippen LogP contribution is -2.13. The van der Waals surface area contributed by atoms with Crippen LogP contribution in [0.15, 0.2) is 29.4 Å². The van der Waals surface area contributed by atoms with Crippen LogP contribution in [0.4, 0.5) is 4.79 Å². The molecule has 0 saturated carbocycles. The van der Waals surface area contributed by atoms with Gasteiger partial charge in [0.1, 0.15) is 5.03 Å². The van der Waals surface area contributed by atoms with E-state index in [0.29, 0.717) is 5.75 Å². The molecule has 1 heterocycles. The lowest BCUT2D eigenvalue weighted by molar-refractivity contribution is -0.139. The molecule has 0 aromatic carbocycles. The van der Waals surface area contributed by atoms with Crippen LogP contribution in [0.3, 0.4) is 0 Å². The number of ether oxygens (including phenoxy) is 2. The fourth-order valence-corrected chi connectivity index (χ4v) is 2.76. The number of carbonyl (C=O) groups excluding carboxylic acids is 2. The number of rotatable bonds is 6. The molecule has 1 rings (SSSR count). The first-order chi connectivity index (χ1) is 8.72. The van der Waals surface area contributed by atoms with Gasteiger partial charge in [-0.25, -0.2) is 9.78 Å². The van der Waals surface area contributed by atoms with Gasteiger partial charge in [-0.2, -0.15) is 0 Å². The standard InChI is InChI=1S/C11H13NO4S2/c1-2-15-11(14)16-10(13)6-8-17-18-9-5-3-4-7-12-9/h3-5,7H,2,6,8H2,1H3. The molecule has 0 spiro atoms. The zero-order valence-electron chi connectivity index (χ0n) is 9.83. The van der Waals surface area contributed by atoms with Gasteiger partial charge in [-0.1, -0.05) is 16.9 Å². The van der Waals surface area contributed by atoms with Gasteiger partial charge in [0, 0.05) is 11.9 Å².